The van der Waals surface area contributed by atoms with Gasteiger partial charge in [-0.3, -0.25) is 4.57 Å². The van der Waals surface area contributed by atoms with E-state index < -0.39 is 17.0 Å². The lowest BCUT2D eigenvalue weighted by Crippen LogP contribution is -2.25. The molecule has 0 amide bonds. The van der Waals surface area contributed by atoms with Crippen molar-refractivity contribution in [2.75, 3.05) is 11.9 Å². The van der Waals surface area contributed by atoms with Crippen LogP contribution in [0.15, 0.2) is 0 Å². The monoisotopic (exact) mass is 284 g/mol. The molecule has 9 heteroatoms. The summed E-state index contributed by atoms with van der Waals surface area (Å²) in [7, 11) is 1.67. The van der Waals surface area contributed by atoms with E-state index in [2.05, 4.69) is 10.3 Å². The van der Waals surface area contributed by atoms with Crippen molar-refractivity contribution in [3.05, 3.63) is 15.9 Å². The molecule has 2 atom stereocenters. The Bertz CT molecular complexity index is 541. The predicted molar refractivity (Wildman–Crippen MR) is 68.6 cm³/mol. The maximum atomic E-state index is 10.9. The first-order valence-electron chi connectivity index (χ1n) is 6.20. The van der Waals surface area contributed by atoms with Crippen molar-refractivity contribution >= 4 is 17.6 Å². The Labute approximate surface area is 114 Å². The molecular weight excluding hydrogens is 268 g/mol. The first kappa shape index (κ1) is 14.3. The third-order valence-electron chi connectivity index (χ3n) is 3.35. The summed E-state index contributed by atoms with van der Waals surface area (Å²) in [6.07, 6.45) is -0.000968. The number of ether oxygens (including phenoxy) is 1. The fourth-order valence-electron chi connectivity index (χ4n) is 2.17. The van der Waals surface area contributed by atoms with E-state index in [4.69, 9.17) is 9.84 Å². The van der Waals surface area contributed by atoms with Gasteiger partial charge in [-0.2, -0.15) is 0 Å². The Morgan fingerprint density at radius 2 is 2.35 bits per heavy atom. The van der Waals surface area contributed by atoms with Crippen molar-refractivity contribution in [2.24, 2.45) is 7.05 Å². The van der Waals surface area contributed by atoms with Crippen molar-refractivity contribution in [3.8, 4) is 0 Å². The van der Waals surface area contributed by atoms with Crippen molar-refractivity contribution in [3.63, 3.8) is 0 Å². The van der Waals surface area contributed by atoms with Crippen LogP contribution >= 0.6 is 0 Å². The zero-order valence-electron chi connectivity index (χ0n) is 11.2. The summed E-state index contributed by atoms with van der Waals surface area (Å²) in [5.41, 5.74) is 0. The highest BCUT2D eigenvalue weighted by Gasteiger charge is 2.31. The smallest absolute Gasteiger partial charge is 0.406 e. The Morgan fingerprint density at radius 3 is 2.90 bits per heavy atom. The molecule has 1 saturated heterocycles. The van der Waals surface area contributed by atoms with Gasteiger partial charge >= 0.3 is 11.8 Å². The summed E-state index contributed by atoms with van der Waals surface area (Å²) in [4.78, 5) is 25.0. The Hall–Kier alpha value is -2.16. The molecule has 0 spiro atoms. The fraction of sp³-hybridized carbons (Fsp3) is 0.636. The van der Waals surface area contributed by atoms with Crippen LogP contribution in [0.1, 0.15) is 18.7 Å². The van der Waals surface area contributed by atoms with Gasteiger partial charge in [0.05, 0.1) is 6.10 Å². The van der Waals surface area contributed by atoms with Crippen LogP contribution < -0.4 is 5.32 Å². The number of carbonyl (C=O) groups is 1. The van der Waals surface area contributed by atoms with E-state index in [0.29, 0.717) is 31.0 Å². The van der Waals surface area contributed by atoms with Crippen LogP contribution in [0.5, 0.6) is 0 Å². The molecule has 0 saturated carbocycles. The molecule has 2 heterocycles. The molecule has 0 radical (unpaired) electrons. The van der Waals surface area contributed by atoms with Crippen molar-refractivity contribution in [1.29, 1.82) is 0 Å². The number of carboxylic acid groups (broad SMARTS) is 1. The number of aliphatic carboxylic acids is 1. The minimum atomic E-state index is -0.977. The molecule has 1 aliphatic rings. The molecule has 2 rings (SSSR count). The summed E-state index contributed by atoms with van der Waals surface area (Å²) in [6.45, 7) is 1.98. The molecule has 0 aromatic carbocycles. The summed E-state index contributed by atoms with van der Waals surface area (Å²) in [5, 5.41) is 22.7. The quantitative estimate of drug-likeness (QED) is 0.602. The molecule has 20 heavy (non-hydrogen) atoms. The second-order valence-corrected chi connectivity index (χ2v) is 4.69. The van der Waals surface area contributed by atoms with Crippen molar-refractivity contribution < 1.29 is 19.6 Å². The zero-order chi connectivity index (χ0) is 14.9. The zero-order valence-corrected chi connectivity index (χ0v) is 11.2. The number of aromatic nitrogens is 2. The largest absolute Gasteiger partial charge is 0.479 e. The van der Waals surface area contributed by atoms with Gasteiger partial charge in [-0.05, 0) is 22.7 Å². The van der Waals surface area contributed by atoms with Crippen LogP contribution in [0.4, 0.5) is 11.6 Å². The molecular formula is C11H16N4O5. The van der Waals surface area contributed by atoms with E-state index in [1.165, 1.54) is 0 Å². The maximum Gasteiger partial charge on any atom is 0.406 e. The SMILES string of the molecule is Cc1nc([N+](=O)[O-])c(NCC2CCC(C(=O)O)O2)n1C. The lowest BCUT2D eigenvalue weighted by molar-refractivity contribution is -0.388. The predicted octanol–water partition coefficient (Wildman–Crippen LogP) is 0.681. The normalized spacial score (nSPS) is 21.9. The van der Waals surface area contributed by atoms with Crippen molar-refractivity contribution in [1.82, 2.24) is 9.55 Å². The number of rotatable bonds is 5. The number of nitro groups is 1. The van der Waals surface area contributed by atoms with E-state index in [1.807, 2.05) is 0 Å². The number of hydrogen-bond donors (Lipinski definition) is 2. The molecule has 1 aromatic rings. The lowest BCUT2D eigenvalue weighted by Gasteiger charge is -2.13. The van der Waals surface area contributed by atoms with E-state index in [1.54, 1.807) is 18.5 Å². The summed E-state index contributed by atoms with van der Waals surface area (Å²) < 4.78 is 6.92. The Kier molecular flexibility index (Phi) is 3.89. The van der Waals surface area contributed by atoms with Crippen LogP contribution in [0.3, 0.4) is 0 Å². The third-order valence-corrected chi connectivity index (χ3v) is 3.35. The van der Waals surface area contributed by atoms with Gasteiger partial charge in [-0.15, -0.1) is 0 Å². The minimum Gasteiger partial charge on any atom is -0.479 e. The maximum absolute atomic E-state index is 10.9. The van der Waals surface area contributed by atoms with E-state index in [-0.39, 0.29) is 11.9 Å². The lowest BCUT2D eigenvalue weighted by atomic mass is 10.2. The van der Waals surface area contributed by atoms with Gasteiger partial charge in [0.25, 0.3) is 0 Å². The topological polar surface area (TPSA) is 120 Å². The molecule has 2 unspecified atom stereocenters. The van der Waals surface area contributed by atoms with Gasteiger partial charge in [0.1, 0.15) is 0 Å². The highest BCUT2D eigenvalue weighted by molar-refractivity contribution is 5.72. The van der Waals surface area contributed by atoms with E-state index in [9.17, 15) is 14.9 Å². The first-order chi connectivity index (χ1) is 9.40. The highest BCUT2D eigenvalue weighted by atomic mass is 16.6. The highest BCUT2D eigenvalue weighted by Crippen LogP contribution is 2.25. The number of aryl methyl sites for hydroxylation is 1. The standard InChI is InChI=1S/C11H16N4O5/c1-6-13-10(15(18)19)9(14(6)2)12-5-7-3-4-8(20-7)11(16)17/h7-8,12H,3-5H2,1-2H3,(H,16,17). The number of nitrogens with one attached hydrogen (secondary N) is 1. The van der Waals surface area contributed by atoms with Crippen LogP contribution in [0, 0.1) is 17.0 Å². The average molecular weight is 284 g/mol. The second-order valence-electron chi connectivity index (χ2n) is 4.69. The van der Waals surface area contributed by atoms with Crippen LogP contribution in [-0.4, -0.2) is 44.3 Å². The molecule has 0 bridgehead atoms. The van der Waals surface area contributed by atoms with Crippen LogP contribution in [0.25, 0.3) is 0 Å². The summed E-state index contributed by atoms with van der Waals surface area (Å²) >= 11 is 0. The molecule has 1 aliphatic heterocycles. The van der Waals surface area contributed by atoms with Gasteiger partial charge in [-0.1, -0.05) is 0 Å². The fourth-order valence-corrected chi connectivity index (χ4v) is 2.17. The number of hydrogen-bond acceptors (Lipinski definition) is 6. The van der Waals surface area contributed by atoms with Gasteiger partial charge in [-0.25, -0.2) is 4.79 Å². The number of nitrogens with zero attached hydrogens (tertiary/aromatic N) is 3. The van der Waals surface area contributed by atoms with Crippen LogP contribution in [-0.2, 0) is 16.6 Å². The van der Waals surface area contributed by atoms with Gasteiger partial charge in [0, 0.05) is 20.5 Å². The number of carboxylic acids is 1. The molecule has 1 fully saturated rings. The van der Waals surface area contributed by atoms with Crippen molar-refractivity contribution in [2.45, 2.75) is 32.0 Å². The van der Waals surface area contributed by atoms with Crippen LogP contribution in [0.2, 0.25) is 0 Å². The van der Waals surface area contributed by atoms with E-state index in [0.717, 1.165) is 0 Å². The summed E-state index contributed by atoms with van der Waals surface area (Å²) in [6, 6.07) is 0. The first-order valence-corrected chi connectivity index (χ1v) is 6.20. The third kappa shape index (κ3) is 2.72. The minimum absolute atomic E-state index is 0.238. The molecule has 1 aromatic heterocycles. The molecule has 9 nitrogen and oxygen atoms in total. The molecule has 110 valence electrons. The van der Waals surface area contributed by atoms with Gasteiger partial charge in [0.15, 0.2) is 6.10 Å². The van der Waals surface area contributed by atoms with E-state index >= 15 is 0 Å². The second kappa shape index (κ2) is 5.45. The number of imidazole rings is 1. The Morgan fingerprint density at radius 1 is 1.65 bits per heavy atom. The molecule has 2 N–H and O–H groups in total. The summed E-state index contributed by atoms with van der Waals surface area (Å²) in [5.74, 6) is -0.391. The number of anilines is 1. The average Bonchev–Trinajstić information content (AvgIpc) is 2.94. The van der Waals surface area contributed by atoms with Gasteiger partial charge in [0.2, 0.25) is 11.6 Å². The van der Waals surface area contributed by atoms with Gasteiger partial charge < -0.3 is 25.3 Å². The molecule has 0 aliphatic carbocycles. The Balaban J connectivity index is 2.01.